The van der Waals surface area contributed by atoms with Gasteiger partial charge in [-0.15, -0.1) is 10.2 Å². The number of nitrogens with two attached hydrogens (primary N) is 1. The van der Waals surface area contributed by atoms with E-state index in [0.717, 1.165) is 4.47 Å². The monoisotopic (exact) mass is 270 g/mol. The predicted octanol–water partition coefficient (Wildman–Crippen LogP) is 0.872. The van der Waals surface area contributed by atoms with Gasteiger partial charge in [-0.2, -0.15) is 0 Å². The van der Waals surface area contributed by atoms with E-state index in [0.29, 0.717) is 11.5 Å². The maximum Gasteiger partial charge on any atom is 0.160 e. The zero-order valence-corrected chi connectivity index (χ0v) is 9.72. The van der Waals surface area contributed by atoms with Crippen LogP contribution >= 0.6 is 15.9 Å². The van der Waals surface area contributed by atoms with Crippen molar-refractivity contribution in [1.82, 2.24) is 14.6 Å². The summed E-state index contributed by atoms with van der Waals surface area (Å²) in [5.74, 6) is 0.557. The Balaban J connectivity index is 2.56. The molecule has 0 saturated carbocycles. The molecule has 0 aliphatic heterocycles. The molecule has 3 N–H and O–H groups in total. The molecule has 0 fully saturated rings. The topological polar surface area (TPSA) is 76.4 Å². The molecule has 2 aromatic rings. The maximum atomic E-state index is 9.40. The average molecular weight is 271 g/mol. The molecule has 0 aromatic carbocycles. The second-order valence-electron chi connectivity index (χ2n) is 3.40. The van der Waals surface area contributed by atoms with E-state index in [1.165, 1.54) is 0 Å². The van der Waals surface area contributed by atoms with Gasteiger partial charge in [-0.1, -0.05) is 0 Å². The molecule has 2 rings (SSSR count). The van der Waals surface area contributed by atoms with E-state index in [-0.39, 0.29) is 0 Å². The minimum Gasteiger partial charge on any atom is -0.391 e. The Kier molecular flexibility index (Phi) is 2.72. The molecule has 0 radical (unpaired) electrons. The molecule has 2 atom stereocenters. The van der Waals surface area contributed by atoms with Crippen molar-refractivity contribution in [2.75, 3.05) is 0 Å². The molecule has 15 heavy (non-hydrogen) atoms. The van der Waals surface area contributed by atoms with Gasteiger partial charge in [-0.3, -0.25) is 4.40 Å². The molecule has 0 saturated heterocycles. The number of aliphatic hydroxyl groups is 1. The molecule has 2 heterocycles. The van der Waals surface area contributed by atoms with E-state index in [4.69, 9.17) is 5.73 Å². The highest BCUT2D eigenvalue weighted by Gasteiger charge is 2.18. The highest BCUT2D eigenvalue weighted by atomic mass is 79.9. The maximum absolute atomic E-state index is 9.40. The van der Waals surface area contributed by atoms with Crippen LogP contribution in [0.5, 0.6) is 0 Å². The lowest BCUT2D eigenvalue weighted by Gasteiger charge is -2.12. The summed E-state index contributed by atoms with van der Waals surface area (Å²) in [6.45, 7) is 1.63. The van der Waals surface area contributed by atoms with Crippen LogP contribution in [-0.2, 0) is 0 Å². The van der Waals surface area contributed by atoms with Gasteiger partial charge in [0.15, 0.2) is 11.5 Å². The first-order chi connectivity index (χ1) is 7.09. The number of nitrogens with zero attached hydrogens (tertiary/aromatic N) is 3. The predicted molar refractivity (Wildman–Crippen MR) is 59.3 cm³/mol. The van der Waals surface area contributed by atoms with Gasteiger partial charge in [-0.05, 0) is 35.0 Å². The molecular weight excluding hydrogens is 260 g/mol. The molecule has 0 spiro atoms. The molecule has 6 heteroatoms. The fourth-order valence-electron chi connectivity index (χ4n) is 1.33. The number of pyridine rings is 1. The van der Waals surface area contributed by atoms with Crippen LogP contribution in [-0.4, -0.2) is 25.8 Å². The van der Waals surface area contributed by atoms with Crippen LogP contribution in [0, 0.1) is 0 Å². The summed E-state index contributed by atoms with van der Waals surface area (Å²) in [6.07, 6.45) is 1.17. The third kappa shape index (κ3) is 1.88. The fraction of sp³-hybridized carbons (Fsp3) is 0.333. The number of halogens is 1. The fourth-order valence-corrected chi connectivity index (χ4v) is 1.66. The van der Waals surface area contributed by atoms with Crippen molar-refractivity contribution < 1.29 is 5.11 Å². The van der Waals surface area contributed by atoms with Gasteiger partial charge in [0.2, 0.25) is 0 Å². The van der Waals surface area contributed by atoms with Gasteiger partial charge >= 0.3 is 0 Å². The molecule has 0 aliphatic carbocycles. The lowest BCUT2D eigenvalue weighted by atomic mass is 10.2. The van der Waals surface area contributed by atoms with Crippen LogP contribution in [0.2, 0.25) is 0 Å². The highest BCUT2D eigenvalue weighted by molar-refractivity contribution is 9.10. The SMILES string of the molecule is CC(O)C(N)c1nnc2ccc(Br)cn12. The van der Waals surface area contributed by atoms with Crippen molar-refractivity contribution in [3.8, 4) is 0 Å². The molecule has 0 aliphatic rings. The number of rotatable bonds is 2. The third-order valence-electron chi connectivity index (χ3n) is 2.21. The summed E-state index contributed by atoms with van der Waals surface area (Å²) in [6, 6.07) is 3.17. The Bertz CT molecular complexity index is 482. The van der Waals surface area contributed by atoms with Crippen molar-refractivity contribution in [2.45, 2.75) is 19.1 Å². The van der Waals surface area contributed by atoms with Gasteiger partial charge < -0.3 is 10.8 Å². The minimum atomic E-state index is -0.656. The first kappa shape index (κ1) is 10.5. The lowest BCUT2D eigenvalue weighted by molar-refractivity contribution is 0.160. The zero-order valence-electron chi connectivity index (χ0n) is 8.13. The van der Waals surface area contributed by atoms with Gasteiger partial charge in [-0.25, -0.2) is 0 Å². The smallest absolute Gasteiger partial charge is 0.160 e. The Labute approximate surface area is 95.1 Å². The first-order valence-electron chi connectivity index (χ1n) is 4.53. The zero-order chi connectivity index (χ0) is 11.0. The summed E-state index contributed by atoms with van der Waals surface area (Å²) in [4.78, 5) is 0. The molecule has 5 nitrogen and oxygen atoms in total. The standard InChI is InChI=1S/C9H11BrN4O/c1-5(15)8(11)9-13-12-7-3-2-6(10)4-14(7)9/h2-5,8,15H,11H2,1H3. The van der Waals surface area contributed by atoms with E-state index in [1.54, 1.807) is 11.3 Å². The molecular formula is C9H11BrN4O. The second kappa shape index (κ2) is 3.88. The van der Waals surface area contributed by atoms with Crippen LogP contribution in [0.25, 0.3) is 5.65 Å². The molecule has 80 valence electrons. The summed E-state index contributed by atoms with van der Waals surface area (Å²) in [7, 11) is 0. The molecule has 0 amide bonds. The van der Waals surface area contributed by atoms with Crippen LogP contribution in [0.3, 0.4) is 0 Å². The number of aromatic nitrogens is 3. The second-order valence-corrected chi connectivity index (χ2v) is 4.32. The summed E-state index contributed by atoms with van der Waals surface area (Å²) in [5, 5.41) is 17.3. The van der Waals surface area contributed by atoms with Crippen molar-refractivity contribution in [3.05, 3.63) is 28.6 Å². The van der Waals surface area contributed by atoms with Gasteiger partial charge in [0.25, 0.3) is 0 Å². The first-order valence-corrected chi connectivity index (χ1v) is 5.32. The molecule has 2 aromatic heterocycles. The number of hydrogen-bond acceptors (Lipinski definition) is 4. The van der Waals surface area contributed by atoms with E-state index < -0.39 is 12.1 Å². The Hall–Kier alpha value is -0.980. The van der Waals surface area contributed by atoms with Gasteiger partial charge in [0.1, 0.15) is 0 Å². The van der Waals surface area contributed by atoms with E-state index in [1.807, 2.05) is 18.3 Å². The van der Waals surface area contributed by atoms with Gasteiger partial charge in [0, 0.05) is 10.7 Å². The lowest BCUT2D eigenvalue weighted by Crippen LogP contribution is -2.25. The Morgan fingerprint density at radius 3 is 2.87 bits per heavy atom. The minimum absolute atomic E-state index is 0.533. The van der Waals surface area contributed by atoms with Gasteiger partial charge in [0.05, 0.1) is 12.1 Å². The summed E-state index contributed by atoms with van der Waals surface area (Å²) >= 11 is 3.36. The number of hydrogen-bond donors (Lipinski definition) is 2. The third-order valence-corrected chi connectivity index (χ3v) is 2.68. The van der Waals surface area contributed by atoms with Crippen LogP contribution < -0.4 is 5.73 Å². The van der Waals surface area contributed by atoms with E-state index in [9.17, 15) is 5.11 Å². The van der Waals surface area contributed by atoms with E-state index >= 15 is 0 Å². The number of aliphatic hydroxyl groups excluding tert-OH is 1. The highest BCUT2D eigenvalue weighted by Crippen LogP contribution is 2.16. The number of fused-ring (bicyclic) bond motifs is 1. The van der Waals surface area contributed by atoms with Crippen LogP contribution in [0.4, 0.5) is 0 Å². The normalized spacial score (nSPS) is 15.5. The average Bonchev–Trinajstić information content (AvgIpc) is 2.59. The van der Waals surface area contributed by atoms with Crippen molar-refractivity contribution in [3.63, 3.8) is 0 Å². The summed E-state index contributed by atoms with van der Waals surface area (Å²) < 4.78 is 2.68. The Morgan fingerprint density at radius 1 is 1.47 bits per heavy atom. The largest absolute Gasteiger partial charge is 0.391 e. The van der Waals surface area contributed by atoms with Crippen molar-refractivity contribution in [2.24, 2.45) is 5.73 Å². The Morgan fingerprint density at radius 2 is 2.20 bits per heavy atom. The van der Waals surface area contributed by atoms with Crippen molar-refractivity contribution in [1.29, 1.82) is 0 Å². The van der Waals surface area contributed by atoms with E-state index in [2.05, 4.69) is 26.1 Å². The van der Waals surface area contributed by atoms with Crippen molar-refractivity contribution >= 4 is 21.6 Å². The van der Waals surface area contributed by atoms with Crippen LogP contribution in [0.15, 0.2) is 22.8 Å². The quantitative estimate of drug-likeness (QED) is 0.849. The molecule has 2 unspecified atom stereocenters. The molecule has 0 bridgehead atoms. The summed E-state index contributed by atoms with van der Waals surface area (Å²) in [5.41, 5.74) is 6.52. The van der Waals surface area contributed by atoms with Crippen LogP contribution in [0.1, 0.15) is 18.8 Å².